The van der Waals surface area contributed by atoms with Gasteiger partial charge in [-0.3, -0.25) is 4.79 Å². The maximum atomic E-state index is 12.7. The van der Waals surface area contributed by atoms with Crippen molar-refractivity contribution in [3.63, 3.8) is 0 Å². The van der Waals surface area contributed by atoms with Crippen LogP contribution in [-0.2, 0) is 4.79 Å². The molecule has 3 nitrogen and oxygen atoms in total. The summed E-state index contributed by atoms with van der Waals surface area (Å²) in [6, 6.07) is 0.0660. The molecule has 116 valence electrons. The average Bonchev–Trinajstić information content (AvgIpc) is 2.66. The van der Waals surface area contributed by atoms with E-state index in [0.717, 1.165) is 32.4 Å². The Morgan fingerprint density at radius 1 is 1.10 bits per heavy atom. The number of carbonyl (C=O) groups is 1. The molecule has 20 heavy (non-hydrogen) atoms. The van der Waals surface area contributed by atoms with Crippen LogP contribution in [-0.4, -0.2) is 31.2 Å². The van der Waals surface area contributed by atoms with Crippen molar-refractivity contribution in [1.29, 1.82) is 0 Å². The molecule has 2 fully saturated rings. The van der Waals surface area contributed by atoms with Crippen LogP contribution >= 0.6 is 0 Å². The highest BCUT2D eigenvalue weighted by atomic mass is 19.4. The Kier molecular flexibility index (Phi) is 5.29. The first-order valence-electron chi connectivity index (χ1n) is 7.54. The van der Waals surface area contributed by atoms with Gasteiger partial charge in [0.1, 0.15) is 0 Å². The highest BCUT2D eigenvalue weighted by Crippen LogP contribution is 2.39. The summed E-state index contributed by atoms with van der Waals surface area (Å²) in [7, 11) is 0. The predicted molar refractivity (Wildman–Crippen MR) is 70.2 cm³/mol. The molecule has 3 unspecified atom stereocenters. The first-order chi connectivity index (χ1) is 9.47. The average molecular weight is 292 g/mol. The summed E-state index contributed by atoms with van der Waals surface area (Å²) >= 11 is 0. The minimum absolute atomic E-state index is 0.0461. The van der Waals surface area contributed by atoms with Crippen molar-refractivity contribution in [2.45, 2.75) is 57.2 Å². The quantitative estimate of drug-likeness (QED) is 0.821. The molecular weight excluding hydrogens is 269 g/mol. The minimum Gasteiger partial charge on any atom is -0.352 e. The second-order valence-electron chi connectivity index (χ2n) is 6.01. The van der Waals surface area contributed by atoms with Crippen LogP contribution in [0.25, 0.3) is 0 Å². The molecule has 0 aromatic carbocycles. The maximum absolute atomic E-state index is 12.7. The number of hydrogen-bond acceptors (Lipinski definition) is 2. The third-order valence-electron chi connectivity index (χ3n) is 4.40. The van der Waals surface area contributed by atoms with Crippen LogP contribution < -0.4 is 10.6 Å². The van der Waals surface area contributed by atoms with E-state index < -0.39 is 18.0 Å². The summed E-state index contributed by atoms with van der Waals surface area (Å²) in [4.78, 5) is 12.1. The monoisotopic (exact) mass is 292 g/mol. The molecule has 1 heterocycles. The van der Waals surface area contributed by atoms with Crippen LogP contribution in [0.5, 0.6) is 0 Å². The molecule has 3 atom stereocenters. The second kappa shape index (κ2) is 6.78. The molecule has 1 saturated carbocycles. The molecule has 0 aromatic rings. The van der Waals surface area contributed by atoms with Crippen LogP contribution in [0.1, 0.15) is 44.9 Å². The van der Waals surface area contributed by atoms with Crippen molar-refractivity contribution in [2.24, 2.45) is 11.8 Å². The molecule has 0 spiro atoms. The Hall–Kier alpha value is -0.780. The fraction of sp³-hybridized carbons (Fsp3) is 0.929. The van der Waals surface area contributed by atoms with Crippen LogP contribution in [0.2, 0.25) is 0 Å². The number of halogens is 3. The molecule has 1 aliphatic heterocycles. The molecule has 6 heteroatoms. The number of carbonyl (C=O) groups excluding carboxylic acids is 1. The molecule has 0 bridgehead atoms. The lowest BCUT2D eigenvalue weighted by atomic mass is 9.80. The lowest BCUT2D eigenvalue weighted by molar-refractivity contribution is -0.186. The number of amides is 1. The van der Waals surface area contributed by atoms with Crippen molar-refractivity contribution in [3.05, 3.63) is 0 Å². The molecular formula is C14H23F3N2O. The summed E-state index contributed by atoms with van der Waals surface area (Å²) in [6.07, 6.45) is 0.0776. The van der Waals surface area contributed by atoms with E-state index in [1.54, 1.807) is 0 Å². The summed E-state index contributed by atoms with van der Waals surface area (Å²) in [5.41, 5.74) is 0. The Morgan fingerprint density at radius 3 is 2.65 bits per heavy atom. The Balaban J connectivity index is 1.85. The predicted octanol–water partition coefficient (Wildman–Crippen LogP) is 2.61. The molecule has 1 saturated heterocycles. The third kappa shape index (κ3) is 4.36. The lowest BCUT2D eigenvalue weighted by Crippen LogP contribution is -2.45. The minimum atomic E-state index is -4.16. The molecule has 2 N–H and O–H groups in total. The van der Waals surface area contributed by atoms with Gasteiger partial charge in [-0.25, -0.2) is 0 Å². The third-order valence-corrected chi connectivity index (χ3v) is 4.40. The van der Waals surface area contributed by atoms with Crippen molar-refractivity contribution >= 4 is 5.91 Å². The van der Waals surface area contributed by atoms with Gasteiger partial charge in [0.05, 0.1) is 5.92 Å². The second-order valence-corrected chi connectivity index (χ2v) is 6.01. The van der Waals surface area contributed by atoms with E-state index in [0.29, 0.717) is 12.8 Å². The lowest BCUT2D eigenvalue weighted by Gasteiger charge is -2.30. The zero-order chi connectivity index (χ0) is 14.6. The van der Waals surface area contributed by atoms with Crippen molar-refractivity contribution in [3.8, 4) is 0 Å². The molecule has 2 aliphatic rings. The highest BCUT2D eigenvalue weighted by Gasteiger charge is 2.43. The molecule has 1 amide bonds. The van der Waals surface area contributed by atoms with E-state index in [1.165, 1.54) is 0 Å². The largest absolute Gasteiger partial charge is 0.391 e. The molecule has 2 rings (SSSR count). The van der Waals surface area contributed by atoms with Gasteiger partial charge in [-0.05, 0) is 38.6 Å². The van der Waals surface area contributed by atoms with E-state index in [9.17, 15) is 18.0 Å². The van der Waals surface area contributed by atoms with Crippen molar-refractivity contribution < 1.29 is 18.0 Å². The van der Waals surface area contributed by atoms with Gasteiger partial charge in [0.2, 0.25) is 5.91 Å². The number of alkyl halides is 3. The topological polar surface area (TPSA) is 41.1 Å². The van der Waals surface area contributed by atoms with E-state index in [2.05, 4.69) is 10.6 Å². The highest BCUT2D eigenvalue weighted by molar-refractivity contribution is 5.79. The fourth-order valence-corrected chi connectivity index (χ4v) is 3.19. The maximum Gasteiger partial charge on any atom is 0.391 e. The zero-order valence-electron chi connectivity index (χ0n) is 11.6. The van der Waals surface area contributed by atoms with Crippen molar-refractivity contribution in [1.82, 2.24) is 10.6 Å². The summed E-state index contributed by atoms with van der Waals surface area (Å²) in [6.45, 7) is 1.67. The van der Waals surface area contributed by atoms with Gasteiger partial charge in [0, 0.05) is 18.5 Å². The van der Waals surface area contributed by atoms with E-state index in [1.807, 2.05) is 0 Å². The number of rotatable bonds is 2. The Labute approximate surface area is 117 Å². The Bertz CT molecular complexity index is 325. The van der Waals surface area contributed by atoms with Gasteiger partial charge < -0.3 is 10.6 Å². The standard InChI is InChI=1S/C14H23F3N2O/c15-14(16,17)11-5-3-4-10(8-11)13(20)19-12-6-1-2-7-18-9-12/h10-12,18H,1-9H2,(H,19,20). The van der Waals surface area contributed by atoms with E-state index in [4.69, 9.17) is 0 Å². The van der Waals surface area contributed by atoms with Gasteiger partial charge >= 0.3 is 6.18 Å². The normalized spacial score (nSPS) is 32.5. The van der Waals surface area contributed by atoms with Gasteiger partial charge in [0.15, 0.2) is 0 Å². The van der Waals surface area contributed by atoms with Crippen molar-refractivity contribution in [2.75, 3.05) is 13.1 Å². The summed E-state index contributed by atoms with van der Waals surface area (Å²) in [5.74, 6) is -1.97. The fourth-order valence-electron chi connectivity index (χ4n) is 3.19. The molecule has 0 radical (unpaired) electrons. The first kappa shape index (κ1) is 15.6. The number of hydrogen-bond donors (Lipinski definition) is 2. The first-order valence-corrected chi connectivity index (χ1v) is 7.54. The van der Waals surface area contributed by atoms with E-state index >= 15 is 0 Å². The van der Waals surface area contributed by atoms with E-state index in [-0.39, 0.29) is 24.8 Å². The van der Waals surface area contributed by atoms with Gasteiger partial charge in [-0.1, -0.05) is 12.8 Å². The Morgan fingerprint density at radius 2 is 1.90 bits per heavy atom. The van der Waals surface area contributed by atoms with Gasteiger partial charge in [-0.15, -0.1) is 0 Å². The van der Waals surface area contributed by atoms with Crippen LogP contribution in [0.4, 0.5) is 13.2 Å². The van der Waals surface area contributed by atoms with Crippen LogP contribution in [0.15, 0.2) is 0 Å². The smallest absolute Gasteiger partial charge is 0.352 e. The summed E-state index contributed by atoms with van der Waals surface area (Å²) < 4.78 is 38.2. The van der Waals surface area contributed by atoms with Gasteiger partial charge in [-0.2, -0.15) is 13.2 Å². The molecule has 1 aliphatic carbocycles. The summed E-state index contributed by atoms with van der Waals surface area (Å²) in [5, 5.41) is 6.18. The van der Waals surface area contributed by atoms with Crippen LogP contribution in [0, 0.1) is 11.8 Å². The van der Waals surface area contributed by atoms with Crippen LogP contribution in [0.3, 0.4) is 0 Å². The number of nitrogens with one attached hydrogen (secondary N) is 2. The van der Waals surface area contributed by atoms with Gasteiger partial charge in [0.25, 0.3) is 0 Å². The SMILES string of the molecule is O=C(NC1CCCCNC1)C1CCCC(C(F)(F)F)C1. The zero-order valence-corrected chi connectivity index (χ0v) is 11.6. The molecule has 0 aromatic heterocycles.